The van der Waals surface area contributed by atoms with Gasteiger partial charge in [0.1, 0.15) is 12.0 Å². The van der Waals surface area contributed by atoms with Gasteiger partial charge in [-0.3, -0.25) is 9.69 Å². The number of carbonyl (C=O) groups excluding carboxylic acids is 1. The first kappa shape index (κ1) is 18.0. The summed E-state index contributed by atoms with van der Waals surface area (Å²) in [7, 11) is 1.65. The number of rotatable bonds is 5. The Labute approximate surface area is 160 Å². The Bertz CT molecular complexity index is 757. The number of likely N-dealkylation sites (tertiary alicyclic amines) is 2. The van der Waals surface area contributed by atoms with Gasteiger partial charge in [0.25, 0.3) is 0 Å². The summed E-state index contributed by atoms with van der Waals surface area (Å²) in [5.74, 6) is 2.02. The largest absolute Gasteiger partial charge is 0.497 e. The van der Waals surface area contributed by atoms with Gasteiger partial charge >= 0.3 is 0 Å². The van der Waals surface area contributed by atoms with Crippen LogP contribution in [0.5, 0.6) is 5.75 Å². The maximum Gasteiger partial charge on any atom is 0.226 e. The summed E-state index contributed by atoms with van der Waals surface area (Å²) >= 11 is 0. The number of methoxy groups -OCH3 is 1. The van der Waals surface area contributed by atoms with Crippen LogP contribution < -0.4 is 4.74 Å². The number of amides is 1. The van der Waals surface area contributed by atoms with Crippen molar-refractivity contribution in [2.24, 2.45) is 5.92 Å². The van der Waals surface area contributed by atoms with Gasteiger partial charge < -0.3 is 14.1 Å². The Kier molecular flexibility index (Phi) is 5.43. The van der Waals surface area contributed by atoms with Crippen LogP contribution in [0.3, 0.4) is 0 Å². The summed E-state index contributed by atoms with van der Waals surface area (Å²) in [5, 5.41) is 0. The van der Waals surface area contributed by atoms with Gasteiger partial charge in [-0.2, -0.15) is 0 Å². The fourth-order valence-corrected chi connectivity index (χ4v) is 4.01. The number of carbonyl (C=O) groups is 1. The Morgan fingerprint density at radius 3 is 2.52 bits per heavy atom. The fourth-order valence-electron chi connectivity index (χ4n) is 4.01. The van der Waals surface area contributed by atoms with Crippen molar-refractivity contribution in [3.05, 3.63) is 36.2 Å². The van der Waals surface area contributed by atoms with E-state index < -0.39 is 0 Å². The molecular formula is C21H27N3O3. The molecule has 2 aliphatic heterocycles. The van der Waals surface area contributed by atoms with E-state index in [0.29, 0.717) is 11.8 Å². The minimum Gasteiger partial charge on any atom is -0.497 e. The highest BCUT2D eigenvalue weighted by molar-refractivity contribution is 5.79. The highest BCUT2D eigenvalue weighted by atomic mass is 16.5. The molecule has 4 rings (SSSR count). The van der Waals surface area contributed by atoms with Crippen LogP contribution in [0.2, 0.25) is 0 Å². The van der Waals surface area contributed by atoms with Gasteiger partial charge in [0.15, 0.2) is 0 Å². The molecule has 144 valence electrons. The lowest BCUT2D eigenvalue weighted by molar-refractivity contribution is -0.136. The molecule has 6 nitrogen and oxygen atoms in total. The van der Waals surface area contributed by atoms with Crippen LogP contribution in [0, 0.1) is 5.92 Å². The lowest BCUT2D eigenvalue weighted by atomic mass is 9.95. The fraction of sp³-hybridized carbons (Fsp3) is 0.524. The van der Waals surface area contributed by atoms with E-state index in [-0.39, 0.29) is 5.92 Å². The average Bonchev–Trinajstić information content (AvgIpc) is 3.40. The minimum atomic E-state index is 0.200. The monoisotopic (exact) mass is 369 g/mol. The van der Waals surface area contributed by atoms with Gasteiger partial charge in [-0.25, -0.2) is 4.98 Å². The molecule has 0 atom stereocenters. The number of aromatic nitrogens is 1. The van der Waals surface area contributed by atoms with E-state index in [1.165, 1.54) is 0 Å². The Morgan fingerprint density at radius 1 is 1.15 bits per heavy atom. The van der Waals surface area contributed by atoms with Gasteiger partial charge in [0.05, 0.1) is 12.8 Å². The maximum absolute atomic E-state index is 12.5. The number of piperidine rings is 1. The topological polar surface area (TPSA) is 58.8 Å². The van der Waals surface area contributed by atoms with E-state index in [9.17, 15) is 4.79 Å². The van der Waals surface area contributed by atoms with Crippen LogP contribution >= 0.6 is 0 Å². The second kappa shape index (κ2) is 8.13. The number of nitrogens with zero attached hydrogens (tertiary/aromatic N) is 3. The Balaban J connectivity index is 1.30. The summed E-state index contributed by atoms with van der Waals surface area (Å²) in [6.45, 7) is 4.55. The third-order valence-corrected chi connectivity index (χ3v) is 5.63. The number of hydrogen-bond donors (Lipinski definition) is 0. The molecule has 2 aliphatic rings. The Hall–Kier alpha value is -2.34. The van der Waals surface area contributed by atoms with Crippen molar-refractivity contribution in [2.75, 3.05) is 33.3 Å². The molecule has 0 saturated carbocycles. The summed E-state index contributed by atoms with van der Waals surface area (Å²) < 4.78 is 10.8. The van der Waals surface area contributed by atoms with E-state index >= 15 is 0 Å². The molecule has 1 aromatic carbocycles. The van der Waals surface area contributed by atoms with Crippen LogP contribution in [0.1, 0.15) is 31.4 Å². The predicted molar refractivity (Wildman–Crippen MR) is 102 cm³/mol. The molecule has 6 heteroatoms. The van der Waals surface area contributed by atoms with Crippen LogP contribution in [-0.4, -0.2) is 54.0 Å². The second-order valence-electron chi connectivity index (χ2n) is 7.46. The lowest BCUT2D eigenvalue weighted by Gasteiger charge is -2.32. The summed E-state index contributed by atoms with van der Waals surface area (Å²) in [5.41, 5.74) is 1.88. The van der Waals surface area contributed by atoms with Gasteiger partial charge in [0.2, 0.25) is 11.8 Å². The van der Waals surface area contributed by atoms with Crippen molar-refractivity contribution < 1.29 is 13.9 Å². The minimum absolute atomic E-state index is 0.200. The SMILES string of the molecule is COc1ccc(-c2nc(CN3CCC(C(=O)N4CCCC4)CC3)co2)cc1. The lowest BCUT2D eigenvalue weighted by Crippen LogP contribution is -2.41. The first-order valence-corrected chi connectivity index (χ1v) is 9.83. The van der Waals surface area contributed by atoms with Crippen LogP contribution in [-0.2, 0) is 11.3 Å². The zero-order valence-corrected chi connectivity index (χ0v) is 15.9. The van der Waals surface area contributed by atoms with Gasteiger partial charge in [-0.15, -0.1) is 0 Å². The third kappa shape index (κ3) is 4.16. The quantitative estimate of drug-likeness (QED) is 0.810. The molecule has 3 heterocycles. The molecule has 0 N–H and O–H groups in total. The molecule has 1 aromatic heterocycles. The summed E-state index contributed by atoms with van der Waals surface area (Å²) in [6, 6.07) is 7.70. The normalized spacial score (nSPS) is 18.8. The van der Waals surface area contributed by atoms with E-state index in [2.05, 4.69) is 14.8 Å². The zero-order chi connectivity index (χ0) is 18.6. The van der Waals surface area contributed by atoms with Crippen molar-refractivity contribution in [1.82, 2.24) is 14.8 Å². The van der Waals surface area contributed by atoms with Crippen molar-refractivity contribution in [3.8, 4) is 17.2 Å². The van der Waals surface area contributed by atoms with Crippen molar-refractivity contribution in [2.45, 2.75) is 32.2 Å². The first-order chi connectivity index (χ1) is 13.2. The summed E-state index contributed by atoms with van der Waals surface area (Å²) in [6.07, 6.45) is 5.94. The molecule has 0 spiro atoms. The van der Waals surface area contributed by atoms with Crippen molar-refractivity contribution >= 4 is 5.91 Å². The molecule has 0 bridgehead atoms. The second-order valence-corrected chi connectivity index (χ2v) is 7.46. The third-order valence-electron chi connectivity index (χ3n) is 5.63. The van der Waals surface area contributed by atoms with Crippen LogP contribution in [0.4, 0.5) is 0 Å². The zero-order valence-electron chi connectivity index (χ0n) is 15.9. The molecular weight excluding hydrogens is 342 g/mol. The maximum atomic E-state index is 12.5. The molecule has 2 fully saturated rings. The highest BCUT2D eigenvalue weighted by Gasteiger charge is 2.30. The smallest absolute Gasteiger partial charge is 0.226 e. The number of ether oxygens (including phenoxy) is 1. The van der Waals surface area contributed by atoms with Crippen molar-refractivity contribution in [1.29, 1.82) is 0 Å². The van der Waals surface area contributed by atoms with Gasteiger partial charge in [-0.05, 0) is 63.0 Å². The van der Waals surface area contributed by atoms with E-state index in [4.69, 9.17) is 9.15 Å². The standard InChI is InChI=1S/C21H27N3O3/c1-26-19-6-4-16(5-7-19)20-22-18(15-27-20)14-23-12-8-17(9-13-23)21(25)24-10-2-3-11-24/h4-7,15,17H,2-3,8-14H2,1H3. The molecule has 2 aromatic rings. The average molecular weight is 369 g/mol. The van der Waals surface area contributed by atoms with Crippen LogP contribution in [0.25, 0.3) is 11.5 Å². The highest BCUT2D eigenvalue weighted by Crippen LogP contribution is 2.25. The molecule has 2 saturated heterocycles. The molecule has 0 unspecified atom stereocenters. The van der Waals surface area contributed by atoms with E-state index in [1.807, 2.05) is 24.3 Å². The molecule has 1 amide bonds. The first-order valence-electron chi connectivity index (χ1n) is 9.83. The molecule has 0 aliphatic carbocycles. The van der Waals surface area contributed by atoms with Gasteiger partial charge in [-0.1, -0.05) is 0 Å². The van der Waals surface area contributed by atoms with E-state index in [0.717, 1.165) is 75.4 Å². The summed E-state index contributed by atoms with van der Waals surface area (Å²) in [4.78, 5) is 21.6. The van der Waals surface area contributed by atoms with E-state index in [1.54, 1.807) is 13.4 Å². The number of oxazole rings is 1. The van der Waals surface area contributed by atoms with Crippen molar-refractivity contribution in [3.63, 3.8) is 0 Å². The Morgan fingerprint density at radius 2 is 1.85 bits per heavy atom. The molecule has 27 heavy (non-hydrogen) atoms. The number of benzene rings is 1. The predicted octanol–water partition coefficient (Wildman–Crippen LogP) is 3.18. The van der Waals surface area contributed by atoms with Gasteiger partial charge in [0, 0.05) is 31.1 Å². The molecule has 0 radical (unpaired) electrons. The van der Waals surface area contributed by atoms with Crippen LogP contribution in [0.15, 0.2) is 34.9 Å². The number of hydrogen-bond acceptors (Lipinski definition) is 5.